The maximum atomic E-state index is 13.2. The molecule has 1 amide bonds. The van der Waals surface area contributed by atoms with Crippen molar-refractivity contribution in [3.8, 4) is 0 Å². The molecule has 1 saturated heterocycles. The lowest BCUT2D eigenvalue weighted by Crippen LogP contribution is -2.51. The summed E-state index contributed by atoms with van der Waals surface area (Å²) in [6.45, 7) is -0.139. The van der Waals surface area contributed by atoms with Gasteiger partial charge in [-0.25, -0.2) is 17.6 Å². The van der Waals surface area contributed by atoms with E-state index in [2.05, 4.69) is 5.32 Å². The van der Waals surface area contributed by atoms with Crippen LogP contribution in [0, 0.1) is 5.82 Å². The van der Waals surface area contributed by atoms with Crippen LogP contribution < -0.4 is 11.1 Å². The van der Waals surface area contributed by atoms with Gasteiger partial charge >= 0.3 is 5.97 Å². The molecule has 0 aromatic heterocycles. The first-order valence-corrected chi connectivity index (χ1v) is 11.7. The summed E-state index contributed by atoms with van der Waals surface area (Å²) in [6, 6.07) is 5.74. The zero-order chi connectivity index (χ0) is 23.6. The number of nitrogens with two attached hydrogens (primary N) is 1. The summed E-state index contributed by atoms with van der Waals surface area (Å²) in [6.07, 6.45) is -0.112. The van der Waals surface area contributed by atoms with Gasteiger partial charge in [0.1, 0.15) is 17.9 Å². The monoisotopic (exact) mass is 503 g/mol. The SMILES string of the molecule is N[C@@H]1CC(C(=O)NC(Cc2ccc(F)cc2)C(=O)O)N(S(=O)(=O)c2cc(Cl)cc(Cl)c2)C1. The Morgan fingerprint density at radius 1 is 1.19 bits per heavy atom. The normalized spacial score (nSPS) is 20.1. The molecule has 0 radical (unpaired) electrons. The molecule has 3 atom stereocenters. The Labute approximate surface area is 194 Å². The molecule has 32 heavy (non-hydrogen) atoms. The second kappa shape index (κ2) is 9.72. The van der Waals surface area contributed by atoms with Crippen LogP contribution in [0.3, 0.4) is 0 Å². The third kappa shape index (κ3) is 5.57. The van der Waals surface area contributed by atoms with Crippen LogP contribution in [0.4, 0.5) is 4.39 Å². The van der Waals surface area contributed by atoms with E-state index < -0.39 is 45.8 Å². The van der Waals surface area contributed by atoms with Crippen LogP contribution in [0.15, 0.2) is 47.4 Å². The number of amides is 1. The Morgan fingerprint density at radius 3 is 2.34 bits per heavy atom. The molecule has 3 rings (SSSR count). The van der Waals surface area contributed by atoms with Gasteiger partial charge in [-0.15, -0.1) is 0 Å². The lowest BCUT2D eigenvalue weighted by atomic mass is 10.1. The van der Waals surface area contributed by atoms with E-state index in [1.54, 1.807) is 0 Å². The number of sulfonamides is 1. The molecule has 2 aromatic rings. The number of hydrogen-bond acceptors (Lipinski definition) is 5. The third-order valence-electron chi connectivity index (χ3n) is 5.00. The predicted octanol–water partition coefficient (Wildman–Crippen LogP) is 2.03. The fourth-order valence-corrected chi connectivity index (χ4v) is 5.86. The van der Waals surface area contributed by atoms with Crippen LogP contribution in [0.25, 0.3) is 0 Å². The molecular weight excluding hydrogens is 484 g/mol. The lowest BCUT2D eigenvalue weighted by molar-refractivity contribution is -0.142. The molecule has 4 N–H and O–H groups in total. The molecular formula is C20H20Cl2FN3O5S. The number of hydrogen-bond donors (Lipinski definition) is 3. The maximum Gasteiger partial charge on any atom is 0.326 e. The third-order valence-corrected chi connectivity index (χ3v) is 7.29. The molecule has 0 spiro atoms. The van der Waals surface area contributed by atoms with Crippen molar-refractivity contribution in [1.29, 1.82) is 0 Å². The average Bonchev–Trinajstić information content (AvgIpc) is 3.11. The van der Waals surface area contributed by atoms with Crippen LogP contribution in [0.1, 0.15) is 12.0 Å². The van der Waals surface area contributed by atoms with Crippen LogP contribution >= 0.6 is 23.2 Å². The molecule has 2 aromatic carbocycles. The summed E-state index contributed by atoms with van der Waals surface area (Å²) >= 11 is 11.8. The highest BCUT2D eigenvalue weighted by molar-refractivity contribution is 7.89. The zero-order valence-corrected chi connectivity index (χ0v) is 18.9. The highest BCUT2D eigenvalue weighted by Gasteiger charge is 2.43. The number of aliphatic carboxylic acids is 1. The highest BCUT2D eigenvalue weighted by atomic mass is 35.5. The summed E-state index contributed by atoms with van der Waals surface area (Å²) in [5.74, 6) is -2.60. The Morgan fingerprint density at radius 2 is 1.78 bits per heavy atom. The van der Waals surface area contributed by atoms with Crippen molar-refractivity contribution in [3.63, 3.8) is 0 Å². The van der Waals surface area contributed by atoms with Gasteiger partial charge in [0.25, 0.3) is 0 Å². The van der Waals surface area contributed by atoms with Crippen molar-refractivity contribution in [2.75, 3.05) is 6.54 Å². The molecule has 8 nitrogen and oxygen atoms in total. The molecule has 2 unspecified atom stereocenters. The van der Waals surface area contributed by atoms with E-state index in [4.69, 9.17) is 28.9 Å². The first kappa shape index (κ1) is 24.4. The van der Waals surface area contributed by atoms with E-state index in [0.29, 0.717) is 5.56 Å². The largest absolute Gasteiger partial charge is 0.480 e. The maximum absolute atomic E-state index is 13.2. The topological polar surface area (TPSA) is 130 Å². The van der Waals surface area contributed by atoms with Crippen LogP contribution in [0.2, 0.25) is 10.0 Å². The quantitative estimate of drug-likeness (QED) is 0.529. The zero-order valence-electron chi connectivity index (χ0n) is 16.5. The van der Waals surface area contributed by atoms with E-state index in [0.717, 1.165) is 4.31 Å². The van der Waals surface area contributed by atoms with E-state index in [1.807, 2.05) is 0 Å². The van der Waals surface area contributed by atoms with Gasteiger partial charge in [0.15, 0.2) is 0 Å². The van der Waals surface area contributed by atoms with Crippen molar-refractivity contribution in [1.82, 2.24) is 9.62 Å². The summed E-state index contributed by atoms with van der Waals surface area (Å²) < 4.78 is 40.4. The number of nitrogens with zero attached hydrogens (tertiary/aromatic N) is 1. The fourth-order valence-electron chi connectivity index (χ4n) is 3.48. The molecule has 1 heterocycles. The number of carboxylic acids is 1. The standard InChI is InChI=1S/C20H20Cl2FN3O5S/c21-12-6-13(22)8-16(7-12)32(30,31)26-10-15(24)9-18(26)19(27)25-17(20(28)29)5-11-1-3-14(23)4-2-11/h1-4,6-8,15,17-18H,5,9-10,24H2,(H,25,27)(H,28,29)/t15-,17?,18?/m1/s1. The number of rotatable bonds is 7. The van der Waals surface area contributed by atoms with Crippen molar-refractivity contribution < 1.29 is 27.5 Å². The van der Waals surface area contributed by atoms with Gasteiger partial charge in [-0.3, -0.25) is 4.79 Å². The highest BCUT2D eigenvalue weighted by Crippen LogP contribution is 2.29. The Bertz CT molecular complexity index is 1110. The average molecular weight is 504 g/mol. The minimum absolute atomic E-state index is 0.00223. The predicted molar refractivity (Wildman–Crippen MR) is 116 cm³/mol. The van der Waals surface area contributed by atoms with Gasteiger partial charge < -0.3 is 16.2 Å². The van der Waals surface area contributed by atoms with Crippen molar-refractivity contribution >= 4 is 45.1 Å². The van der Waals surface area contributed by atoms with E-state index in [1.165, 1.54) is 42.5 Å². The first-order valence-electron chi connectivity index (χ1n) is 9.48. The number of carbonyl (C=O) groups is 2. The van der Waals surface area contributed by atoms with E-state index in [-0.39, 0.29) is 34.3 Å². The van der Waals surface area contributed by atoms with Gasteiger partial charge in [-0.2, -0.15) is 4.31 Å². The molecule has 1 aliphatic rings. The van der Waals surface area contributed by atoms with Crippen LogP contribution in [-0.4, -0.2) is 54.4 Å². The molecule has 1 fully saturated rings. The van der Waals surface area contributed by atoms with Gasteiger partial charge in [0.05, 0.1) is 4.90 Å². The van der Waals surface area contributed by atoms with Crippen LogP contribution in [0.5, 0.6) is 0 Å². The van der Waals surface area contributed by atoms with Gasteiger partial charge in [-0.1, -0.05) is 35.3 Å². The van der Waals surface area contributed by atoms with Gasteiger partial charge in [0, 0.05) is 29.1 Å². The Balaban J connectivity index is 1.83. The van der Waals surface area contributed by atoms with Crippen LogP contribution in [-0.2, 0) is 26.0 Å². The Hall–Kier alpha value is -2.24. The molecule has 172 valence electrons. The molecule has 12 heteroatoms. The smallest absolute Gasteiger partial charge is 0.326 e. The number of benzene rings is 2. The molecule has 0 saturated carbocycles. The summed E-state index contributed by atoms with van der Waals surface area (Å²) in [4.78, 5) is 24.4. The summed E-state index contributed by atoms with van der Waals surface area (Å²) in [7, 11) is -4.20. The second-order valence-electron chi connectivity index (χ2n) is 7.42. The number of nitrogens with one attached hydrogen (secondary N) is 1. The molecule has 0 aliphatic carbocycles. The summed E-state index contributed by atoms with van der Waals surface area (Å²) in [5, 5.41) is 12.1. The minimum atomic E-state index is -4.20. The fraction of sp³-hybridized carbons (Fsp3) is 0.300. The summed E-state index contributed by atoms with van der Waals surface area (Å²) in [5.41, 5.74) is 6.41. The number of carbonyl (C=O) groups excluding carboxylic acids is 1. The van der Waals surface area contributed by atoms with Gasteiger partial charge in [0.2, 0.25) is 15.9 Å². The van der Waals surface area contributed by atoms with Crippen molar-refractivity contribution in [3.05, 3.63) is 63.9 Å². The Kier molecular flexibility index (Phi) is 7.41. The molecule has 0 bridgehead atoms. The first-order chi connectivity index (χ1) is 15.0. The van der Waals surface area contributed by atoms with Gasteiger partial charge in [-0.05, 0) is 42.3 Å². The van der Waals surface area contributed by atoms with Crippen molar-refractivity contribution in [2.24, 2.45) is 5.73 Å². The lowest BCUT2D eigenvalue weighted by Gasteiger charge is -2.25. The number of carboxylic acid groups (broad SMARTS) is 1. The van der Waals surface area contributed by atoms with E-state index in [9.17, 15) is 27.5 Å². The number of halogens is 3. The van der Waals surface area contributed by atoms with E-state index >= 15 is 0 Å². The minimum Gasteiger partial charge on any atom is -0.480 e. The second-order valence-corrected chi connectivity index (χ2v) is 10.2. The molecule has 1 aliphatic heterocycles. The van der Waals surface area contributed by atoms with Crippen molar-refractivity contribution in [2.45, 2.75) is 35.9 Å².